The summed E-state index contributed by atoms with van der Waals surface area (Å²) in [6.45, 7) is 4.39. The van der Waals surface area contributed by atoms with Gasteiger partial charge in [-0.1, -0.05) is 6.92 Å². The van der Waals surface area contributed by atoms with Crippen LogP contribution in [0.15, 0.2) is 45.6 Å². The molecule has 0 saturated carbocycles. The second-order valence-electron chi connectivity index (χ2n) is 5.09. The van der Waals surface area contributed by atoms with Crippen molar-refractivity contribution in [3.8, 4) is 0 Å². The van der Waals surface area contributed by atoms with Crippen LogP contribution < -0.4 is 5.73 Å². The van der Waals surface area contributed by atoms with Gasteiger partial charge >= 0.3 is 0 Å². The van der Waals surface area contributed by atoms with Crippen LogP contribution in [0.3, 0.4) is 0 Å². The monoisotopic (exact) mass is 276 g/mol. The van der Waals surface area contributed by atoms with Crippen LogP contribution in [-0.4, -0.2) is 16.3 Å². The number of rotatable bonds is 6. The van der Waals surface area contributed by atoms with Gasteiger partial charge in [-0.3, -0.25) is 4.79 Å². The number of furan rings is 2. The molecule has 0 spiro atoms. The number of amides is 1. The molecule has 1 atom stereocenters. The van der Waals surface area contributed by atoms with Crippen molar-refractivity contribution in [2.24, 2.45) is 5.73 Å². The van der Waals surface area contributed by atoms with E-state index in [1.54, 1.807) is 36.5 Å². The summed E-state index contributed by atoms with van der Waals surface area (Å²) >= 11 is 0. The minimum atomic E-state index is -0.890. The van der Waals surface area contributed by atoms with Crippen LogP contribution in [0.2, 0.25) is 0 Å². The smallest absolute Gasteiger partial charge is 0.243 e. The van der Waals surface area contributed by atoms with Crippen molar-refractivity contribution >= 4 is 5.91 Å². The van der Waals surface area contributed by atoms with E-state index in [1.807, 2.05) is 19.1 Å². The Morgan fingerprint density at radius 2 is 1.70 bits per heavy atom. The van der Waals surface area contributed by atoms with Gasteiger partial charge in [0.1, 0.15) is 11.5 Å². The molecule has 2 N–H and O–H groups in total. The van der Waals surface area contributed by atoms with Crippen molar-refractivity contribution in [2.75, 3.05) is 0 Å². The summed E-state index contributed by atoms with van der Waals surface area (Å²) in [6.07, 6.45) is 3.75. The van der Waals surface area contributed by atoms with E-state index >= 15 is 0 Å². The van der Waals surface area contributed by atoms with Crippen molar-refractivity contribution in [3.05, 3.63) is 48.3 Å². The lowest BCUT2D eigenvalue weighted by atomic mass is 9.98. The van der Waals surface area contributed by atoms with E-state index in [0.717, 1.165) is 11.5 Å². The minimum Gasteiger partial charge on any atom is -0.467 e. The molecule has 0 aromatic carbocycles. The van der Waals surface area contributed by atoms with E-state index in [4.69, 9.17) is 14.6 Å². The molecule has 0 saturated heterocycles. The highest BCUT2D eigenvalue weighted by atomic mass is 16.3. The largest absolute Gasteiger partial charge is 0.467 e. The molecule has 5 nitrogen and oxygen atoms in total. The van der Waals surface area contributed by atoms with Gasteiger partial charge in [0, 0.05) is 0 Å². The second kappa shape index (κ2) is 5.96. The van der Waals surface area contributed by atoms with E-state index in [-0.39, 0.29) is 5.91 Å². The van der Waals surface area contributed by atoms with Crippen molar-refractivity contribution < 1.29 is 13.6 Å². The number of carbonyl (C=O) groups excluding carboxylic acids is 1. The predicted molar refractivity (Wildman–Crippen MR) is 74.6 cm³/mol. The van der Waals surface area contributed by atoms with Crippen molar-refractivity contribution in [3.63, 3.8) is 0 Å². The maximum atomic E-state index is 12.6. The zero-order chi connectivity index (χ0) is 14.6. The van der Waals surface area contributed by atoms with Gasteiger partial charge in [-0.05, 0) is 37.6 Å². The van der Waals surface area contributed by atoms with Gasteiger partial charge in [-0.15, -0.1) is 0 Å². The first-order chi connectivity index (χ1) is 9.53. The van der Waals surface area contributed by atoms with Gasteiger partial charge in [-0.25, -0.2) is 0 Å². The van der Waals surface area contributed by atoms with E-state index < -0.39 is 5.54 Å². The zero-order valence-corrected chi connectivity index (χ0v) is 11.8. The summed E-state index contributed by atoms with van der Waals surface area (Å²) in [5.74, 6) is 1.32. The Bertz CT molecular complexity index is 493. The van der Waals surface area contributed by atoms with Crippen LogP contribution in [0, 0.1) is 0 Å². The molecule has 5 heteroatoms. The number of hydrogen-bond acceptors (Lipinski definition) is 4. The fraction of sp³-hybridized carbons (Fsp3) is 0.400. The summed E-state index contributed by atoms with van der Waals surface area (Å²) in [7, 11) is 0. The molecule has 0 aliphatic heterocycles. The highest BCUT2D eigenvalue weighted by Gasteiger charge is 2.31. The summed E-state index contributed by atoms with van der Waals surface area (Å²) < 4.78 is 10.6. The third kappa shape index (κ3) is 3.30. The molecular weight excluding hydrogens is 256 g/mol. The summed E-state index contributed by atoms with van der Waals surface area (Å²) in [5.41, 5.74) is 5.18. The first-order valence-corrected chi connectivity index (χ1v) is 6.66. The van der Waals surface area contributed by atoms with Crippen molar-refractivity contribution in [2.45, 2.75) is 38.9 Å². The van der Waals surface area contributed by atoms with Crippen LogP contribution in [-0.2, 0) is 17.9 Å². The van der Waals surface area contributed by atoms with Gasteiger partial charge in [-0.2, -0.15) is 0 Å². The van der Waals surface area contributed by atoms with Gasteiger partial charge in [0.25, 0.3) is 0 Å². The molecular formula is C15H20N2O3. The maximum absolute atomic E-state index is 12.6. The molecule has 20 heavy (non-hydrogen) atoms. The lowest BCUT2D eigenvalue weighted by molar-refractivity contribution is -0.138. The van der Waals surface area contributed by atoms with Crippen LogP contribution >= 0.6 is 0 Å². The molecule has 2 rings (SSSR count). The van der Waals surface area contributed by atoms with Gasteiger partial charge in [0.05, 0.1) is 31.2 Å². The average molecular weight is 276 g/mol. The number of nitrogens with two attached hydrogens (primary N) is 1. The first kappa shape index (κ1) is 14.4. The standard InChI is InChI=1S/C15H20N2O3/c1-3-15(2,16)14(18)17(10-12-6-4-8-19-12)11-13-7-5-9-20-13/h4-9H,3,10-11,16H2,1-2H3. The third-order valence-electron chi connectivity index (χ3n) is 3.36. The SMILES string of the molecule is CCC(C)(N)C(=O)N(Cc1ccco1)Cc1ccco1. The third-order valence-corrected chi connectivity index (χ3v) is 3.36. The molecule has 0 radical (unpaired) electrons. The molecule has 2 aromatic rings. The Balaban J connectivity index is 2.17. The lowest BCUT2D eigenvalue weighted by Crippen LogP contribution is -2.52. The van der Waals surface area contributed by atoms with Gasteiger partial charge in [0.15, 0.2) is 0 Å². The van der Waals surface area contributed by atoms with Crippen LogP contribution in [0.5, 0.6) is 0 Å². The molecule has 2 aromatic heterocycles. The molecule has 0 bridgehead atoms. The molecule has 1 unspecified atom stereocenters. The van der Waals surface area contributed by atoms with E-state index in [2.05, 4.69) is 0 Å². The molecule has 108 valence electrons. The molecule has 1 amide bonds. The lowest BCUT2D eigenvalue weighted by Gasteiger charge is -2.30. The van der Waals surface area contributed by atoms with E-state index in [9.17, 15) is 4.79 Å². The normalized spacial score (nSPS) is 13.9. The zero-order valence-electron chi connectivity index (χ0n) is 11.8. The maximum Gasteiger partial charge on any atom is 0.243 e. The Morgan fingerprint density at radius 3 is 2.05 bits per heavy atom. The number of carbonyl (C=O) groups is 1. The van der Waals surface area contributed by atoms with E-state index in [1.165, 1.54) is 0 Å². The van der Waals surface area contributed by atoms with Crippen molar-refractivity contribution in [1.29, 1.82) is 0 Å². The molecule has 0 fully saturated rings. The fourth-order valence-electron chi connectivity index (χ4n) is 1.89. The average Bonchev–Trinajstić information content (AvgIpc) is 3.10. The van der Waals surface area contributed by atoms with Crippen molar-refractivity contribution in [1.82, 2.24) is 4.90 Å². The first-order valence-electron chi connectivity index (χ1n) is 6.66. The van der Waals surface area contributed by atoms with Crippen LogP contribution in [0.25, 0.3) is 0 Å². The highest BCUT2D eigenvalue weighted by Crippen LogP contribution is 2.17. The number of nitrogens with zero attached hydrogens (tertiary/aromatic N) is 1. The summed E-state index contributed by atoms with van der Waals surface area (Å²) in [6, 6.07) is 7.27. The number of hydrogen-bond donors (Lipinski definition) is 1. The Morgan fingerprint density at radius 1 is 1.20 bits per heavy atom. The molecule has 0 aliphatic carbocycles. The summed E-state index contributed by atoms with van der Waals surface area (Å²) in [4.78, 5) is 14.2. The predicted octanol–water partition coefficient (Wildman–Crippen LogP) is 2.53. The van der Waals surface area contributed by atoms with Crippen LogP contribution in [0.1, 0.15) is 31.8 Å². The van der Waals surface area contributed by atoms with Gasteiger partial charge in [0.2, 0.25) is 5.91 Å². The molecule has 2 heterocycles. The van der Waals surface area contributed by atoms with Gasteiger partial charge < -0.3 is 19.5 Å². The Kier molecular flexibility index (Phi) is 4.29. The molecule has 0 aliphatic rings. The Labute approximate surface area is 118 Å². The topological polar surface area (TPSA) is 72.6 Å². The second-order valence-corrected chi connectivity index (χ2v) is 5.09. The van der Waals surface area contributed by atoms with E-state index in [0.29, 0.717) is 19.5 Å². The summed E-state index contributed by atoms with van der Waals surface area (Å²) in [5, 5.41) is 0. The Hall–Kier alpha value is -2.01. The quantitative estimate of drug-likeness (QED) is 0.880. The highest BCUT2D eigenvalue weighted by molar-refractivity contribution is 5.85. The fourth-order valence-corrected chi connectivity index (χ4v) is 1.89. The minimum absolute atomic E-state index is 0.118. The van der Waals surface area contributed by atoms with Crippen LogP contribution in [0.4, 0.5) is 0 Å².